The predicted octanol–water partition coefficient (Wildman–Crippen LogP) is 5.45. The third-order valence-electron chi connectivity index (χ3n) is 6.56. The van der Waals surface area contributed by atoms with Crippen molar-refractivity contribution in [1.29, 1.82) is 0 Å². The number of halogens is 1. The maximum atomic E-state index is 13.4. The van der Waals surface area contributed by atoms with Crippen LogP contribution in [0.5, 0.6) is 0 Å². The molecule has 2 heterocycles. The molecule has 1 fully saturated rings. The molecule has 0 unspecified atom stereocenters. The fraction of sp³-hybridized carbons (Fsp3) is 0.276. The summed E-state index contributed by atoms with van der Waals surface area (Å²) in [6.45, 7) is 5.88. The lowest BCUT2D eigenvalue weighted by Gasteiger charge is -2.37. The molecule has 3 aromatic carbocycles. The number of benzene rings is 3. The van der Waals surface area contributed by atoms with Crippen LogP contribution in [0.1, 0.15) is 22.5 Å². The first-order valence-corrected chi connectivity index (χ1v) is 13.6. The fourth-order valence-corrected chi connectivity index (χ4v) is 5.35. The zero-order valence-electron chi connectivity index (χ0n) is 20.9. The van der Waals surface area contributed by atoms with Gasteiger partial charge in [0.25, 0.3) is 0 Å². The van der Waals surface area contributed by atoms with Gasteiger partial charge in [-0.3, -0.25) is 4.79 Å². The van der Waals surface area contributed by atoms with Crippen LogP contribution in [0.3, 0.4) is 0 Å². The monoisotopic (exact) mass is 531 g/mol. The SMILES string of the molecule is Cc1ccc(Cc2nsc(N(CC(=O)N3CCN(c4cccc(Cl)c4)CC3)Cc3ccccc3)n2)cc1. The number of amides is 1. The van der Waals surface area contributed by atoms with E-state index < -0.39 is 0 Å². The van der Waals surface area contributed by atoms with Gasteiger partial charge in [-0.1, -0.05) is 77.8 Å². The van der Waals surface area contributed by atoms with Crippen molar-refractivity contribution in [1.82, 2.24) is 14.3 Å². The smallest absolute Gasteiger partial charge is 0.242 e. The molecule has 1 aliphatic heterocycles. The quantitative estimate of drug-likeness (QED) is 0.303. The van der Waals surface area contributed by atoms with Crippen molar-refractivity contribution < 1.29 is 4.79 Å². The third-order valence-corrected chi connectivity index (χ3v) is 7.61. The molecule has 6 nitrogen and oxygen atoms in total. The first-order valence-electron chi connectivity index (χ1n) is 12.5. The molecule has 1 aliphatic rings. The summed E-state index contributed by atoms with van der Waals surface area (Å²) in [5.41, 5.74) is 4.64. The number of rotatable bonds is 8. The Morgan fingerprint density at radius 2 is 1.70 bits per heavy atom. The third kappa shape index (κ3) is 6.67. The number of anilines is 2. The van der Waals surface area contributed by atoms with Crippen LogP contribution < -0.4 is 9.80 Å². The van der Waals surface area contributed by atoms with Gasteiger partial charge in [-0.25, -0.2) is 4.98 Å². The summed E-state index contributed by atoms with van der Waals surface area (Å²) in [6.07, 6.45) is 0.676. The Hall–Kier alpha value is -3.42. The molecule has 0 atom stereocenters. The molecule has 0 aliphatic carbocycles. The van der Waals surface area contributed by atoms with Crippen molar-refractivity contribution in [2.24, 2.45) is 0 Å². The molecule has 0 spiro atoms. The Morgan fingerprint density at radius 3 is 2.43 bits per heavy atom. The van der Waals surface area contributed by atoms with Gasteiger partial charge in [-0.15, -0.1) is 0 Å². The number of carbonyl (C=O) groups is 1. The van der Waals surface area contributed by atoms with Gasteiger partial charge >= 0.3 is 0 Å². The molecule has 1 amide bonds. The van der Waals surface area contributed by atoms with Gasteiger partial charge in [-0.05, 0) is 36.2 Å². The highest BCUT2D eigenvalue weighted by molar-refractivity contribution is 7.09. The highest BCUT2D eigenvalue weighted by atomic mass is 35.5. The molecule has 190 valence electrons. The highest BCUT2D eigenvalue weighted by Crippen LogP contribution is 2.23. The number of hydrogen-bond donors (Lipinski definition) is 0. The van der Waals surface area contributed by atoms with Gasteiger partial charge in [0.05, 0.1) is 6.54 Å². The summed E-state index contributed by atoms with van der Waals surface area (Å²) in [4.78, 5) is 24.5. The molecular formula is C29H30ClN5OS. The normalized spacial score (nSPS) is 13.6. The highest BCUT2D eigenvalue weighted by Gasteiger charge is 2.25. The van der Waals surface area contributed by atoms with Crippen LogP contribution in [-0.2, 0) is 17.8 Å². The number of aryl methyl sites for hydroxylation is 1. The van der Waals surface area contributed by atoms with E-state index in [4.69, 9.17) is 16.6 Å². The van der Waals surface area contributed by atoms with Crippen molar-refractivity contribution in [2.75, 3.05) is 42.5 Å². The average molecular weight is 532 g/mol. The molecule has 1 aromatic heterocycles. The largest absolute Gasteiger partial charge is 0.368 e. The first-order chi connectivity index (χ1) is 18.0. The molecule has 1 saturated heterocycles. The summed E-state index contributed by atoms with van der Waals surface area (Å²) in [6, 6.07) is 26.5. The van der Waals surface area contributed by atoms with Gasteiger partial charge in [0.1, 0.15) is 5.82 Å². The maximum absolute atomic E-state index is 13.4. The van der Waals surface area contributed by atoms with E-state index in [9.17, 15) is 4.79 Å². The molecule has 0 bridgehead atoms. The zero-order valence-corrected chi connectivity index (χ0v) is 22.5. The molecule has 8 heteroatoms. The van der Waals surface area contributed by atoms with Crippen molar-refractivity contribution in [3.05, 3.63) is 106 Å². The predicted molar refractivity (Wildman–Crippen MR) is 152 cm³/mol. The topological polar surface area (TPSA) is 52.6 Å². The van der Waals surface area contributed by atoms with Crippen LogP contribution in [-0.4, -0.2) is 52.9 Å². The Balaban J connectivity index is 1.26. The molecule has 0 N–H and O–H groups in total. The van der Waals surface area contributed by atoms with E-state index in [-0.39, 0.29) is 12.5 Å². The Bertz CT molecular complexity index is 1320. The summed E-state index contributed by atoms with van der Waals surface area (Å²) in [5.74, 6) is 0.890. The van der Waals surface area contributed by atoms with Gasteiger partial charge in [0.2, 0.25) is 11.0 Å². The Kier molecular flexibility index (Phi) is 8.02. The van der Waals surface area contributed by atoms with Crippen molar-refractivity contribution in [3.8, 4) is 0 Å². The molecule has 0 saturated carbocycles. The van der Waals surface area contributed by atoms with Gasteiger partial charge in [0, 0.05) is 61.4 Å². The van der Waals surface area contributed by atoms with E-state index in [0.29, 0.717) is 26.1 Å². The maximum Gasteiger partial charge on any atom is 0.242 e. The molecule has 37 heavy (non-hydrogen) atoms. The molecule has 4 aromatic rings. The molecule has 5 rings (SSSR count). The van der Waals surface area contributed by atoms with Gasteiger partial charge in [0.15, 0.2) is 0 Å². The van der Waals surface area contributed by atoms with Gasteiger partial charge < -0.3 is 14.7 Å². The summed E-state index contributed by atoms with van der Waals surface area (Å²) >= 11 is 7.53. The number of nitrogens with zero attached hydrogens (tertiary/aromatic N) is 5. The lowest BCUT2D eigenvalue weighted by Crippen LogP contribution is -2.51. The second kappa shape index (κ2) is 11.8. The fourth-order valence-electron chi connectivity index (χ4n) is 4.48. The van der Waals surface area contributed by atoms with E-state index in [0.717, 1.165) is 40.3 Å². The number of hydrogen-bond acceptors (Lipinski definition) is 6. The van der Waals surface area contributed by atoms with E-state index in [2.05, 4.69) is 63.6 Å². The van der Waals surface area contributed by atoms with Crippen LogP contribution in [0.15, 0.2) is 78.9 Å². The van der Waals surface area contributed by atoms with Crippen LogP contribution in [0, 0.1) is 6.92 Å². The first kappa shape index (κ1) is 25.2. The molecular weight excluding hydrogens is 502 g/mol. The van der Waals surface area contributed by atoms with Crippen LogP contribution >= 0.6 is 23.1 Å². The van der Waals surface area contributed by atoms with Crippen LogP contribution in [0.2, 0.25) is 5.02 Å². The van der Waals surface area contributed by atoms with Crippen LogP contribution in [0.25, 0.3) is 0 Å². The summed E-state index contributed by atoms with van der Waals surface area (Å²) in [7, 11) is 0. The minimum absolute atomic E-state index is 0.108. The number of aromatic nitrogens is 2. The minimum atomic E-state index is 0.108. The van der Waals surface area contributed by atoms with Crippen molar-refractivity contribution in [3.63, 3.8) is 0 Å². The number of piperazine rings is 1. The Morgan fingerprint density at radius 1 is 0.946 bits per heavy atom. The van der Waals surface area contributed by atoms with Crippen LogP contribution in [0.4, 0.5) is 10.8 Å². The van der Waals surface area contributed by atoms with Gasteiger partial charge in [-0.2, -0.15) is 4.37 Å². The molecule has 0 radical (unpaired) electrons. The van der Waals surface area contributed by atoms with E-state index in [1.54, 1.807) is 0 Å². The summed E-state index contributed by atoms with van der Waals surface area (Å²) in [5, 5.41) is 1.50. The van der Waals surface area contributed by atoms with Crippen molar-refractivity contribution in [2.45, 2.75) is 19.9 Å². The summed E-state index contributed by atoms with van der Waals surface area (Å²) < 4.78 is 4.61. The average Bonchev–Trinajstić information content (AvgIpc) is 3.39. The number of carbonyl (C=O) groups excluding carboxylic acids is 1. The minimum Gasteiger partial charge on any atom is -0.368 e. The van der Waals surface area contributed by atoms with Crippen molar-refractivity contribution >= 4 is 39.9 Å². The lowest BCUT2D eigenvalue weighted by molar-refractivity contribution is -0.130. The van der Waals surface area contributed by atoms with E-state index >= 15 is 0 Å². The van der Waals surface area contributed by atoms with E-state index in [1.165, 1.54) is 22.7 Å². The zero-order chi connectivity index (χ0) is 25.6. The second-order valence-corrected chi connectivity index (χ2v) is 10.5. The van der Waals surface area contributed by atoms with E-state index in [1.807, 2.05) is 41.3 Å². The standard InChI is InChI=1S/C29H30ClN5OS/c1-22-10-12-23(13-11-22)18-27-31-29(37-32-27)35(20-24-6-3-2-4-7-24)21-28(36)34-16-14-33(15-17-34)26-9-5-8-25(30)19-26/h2-13,19H,14-18,20-21H2,1H3. The lowest BCUT2D eigenvalue weighted by atomic mass is 10.1. The Labute approximate surface area is 227 Å². The second-order valence-electron chi connectivity index (χ2n) is 9.34.